The third-order valence-corrected chi connectivity index (χ3v) is 5.37. The Morgan fingerprint density at radius 1 is 1.25 bits per heavy atom. The van der Waals surface area contributed by atoms with Gasteiger partial charge in [0.05, 0.1) is 0 Å². The van der Waals surface area contributed by atoms with Crippen molar-refractivity contribution in [3.05, 3.63) is 29.8 Å². The number of rotatable bonds is 4. The van der Waals surface area contributed by atoms with Gasteiger partial charge < -0.3 is 10.4 Å². The van der Waals surface area contributed by atoms with Gasteiger partial charge in [-0.15, -0.1) is 0 Å². The average Bonchev–Trinajstić information content (AvgIpc) is 2.33. The Morgan fingerprint density at radius 3 is 2.75 bits per heavy atom. The van der Waals surface area contributed by atoms with Crippen LogP contribution in [0.4, 0.5) is 0 Å². The van der Waals surface area contributed by atoms with E-state index >= 15 is 0 Å². The molecule has 0 amide bonds. The minimum Gasteiger partial charge on any atom is -0.508 e. The third kappa shape index (κ3) is 3.92. The molecule has 0 spiro atoms. The smallest absolute Gasteiger partial charge is 0.115 e. The van der Waals surface area contributed by atoms with Crippen molar-refractivity contribution < 1.29 is 5.11 Å². The Morgan fingerprint density at radius 2 is 2.06 bits per heavy atom. The molecule has 1 aromatic carbocycles. The van der Waals surface area contributed by atoms with Crippen LogP contribution in [0.1, 0.15) is 5.56 Å². The van der Waals surface area contributed by atoms with Gasteiger partial charge in [0.2, 0.25) is 0 Å². The fraction of sp³-hybridized carbons (Fsp3) is 0.500. The minimum atomic E-state index is 0.336. The zero-order valence-corrected chi connectivity index (χ0v) is 10.8. The standard InChI is InChI=1S/C12H17NOS2/c14-11-3-1-10(2-4-11)7-13-8-12-9-15-5-6-16-12/h1-4,12-14H,5-9H2. The van der Waals surface area contributed by atoms with Crippen LogP contribution in [0.5, 0.6) is 5.75 Å². The molecule has 0 bridgehead atoms. The predicted octanol–water partition coefficient (Wildman–Crippen LogP) is 2.33. The van der Waals surface area contributed by atoms with E-state index < -0.39 is 0 Å². The van der Waals surface area contributed by atoms with Gasteiger partial charge in [-0.3, -0.25) is 0 Å². The molecule has 1 aromatic rings. The molecule has 2 N–H and O–H groups in total. The molecule has 88 valence electrons. The Kier molecular flexibility index (Phi) is 4.88. The minimum absolute atomic E-state index is 0.336. The molecule has 0 saturated carbocycles. The molecule has 1 heterocycles. The van der Waals surface area contributed by atoms with Gasteiger partial charge in [-0.05, 0) is 17.7 Å². The predicted molar refractivity (Wildman–Crippen MR) is 73.4 cm³/mol. The summed E-state index contributed by atoms with van der Waals surface area (Å²) in [4.78, 5) is 0. The number of hydrogen-bond acceptors (Lipinski definition) is 4. The fourth-order valence-electron chi connectivity index (χ4n) is 1.65. The van der Waals surface area contributed by atoms with Crippen LogP contribution < -0.4 is 5.32 Å². The third-order valence-electron chi connectivity index (χ3n) is 2.52. The van der Waals surface area contributed by atoms with Crippen molar-refractivity contribution in [2.75, 3.05) is 23.8 Å². The van der Waals surface area contributed by atoms with Crippen LogP contribution in [0.15, 0.2) is 24.3 Å². The Labute approximate surface area is 105 Å². The van der Waals surface area contributed by atoms with Gasteiger partial charge in [0.15, 0.2) is 0 Å². The van der Waals surface area contributed by atoms with Crippen LogP contribution in [0.2, 0.25) is 0 Å². The van der Waals surface area contributed by atoms with Crippen LogP contribution in [0.25, 0.3) is 0 Å². The normalized spacial score (nSPS) is 20.9. The number of phenols is 1. The van der Waals surface area contributed by atoms with Crippen molar-refractivity contribution >= 4 is 23.5 Å². The Bertz CT molecular complexity index is 309. The fourth-order valence-corrected chi connectivity index (χ4v) is 4.29. The number of hydrogen-bond donors (Lipinski definition) is 2. The van der Waals surface area contributed by atoms with E-state index in [4.69, 9.17) is 5.11 Å². The van der Waals surface area contributed by atoms with Crippen LogP contribution in [0.3, 0.4) is 0 Å². The second kappa shape index (κ2) is 6.42. The number of benzene rings is 1. The first-order chi connectivity index (χ1) is 7.84. The highest BCUT2D eigenvalue weighted by molar-refractivity contribution is 8.06. The quantitative estimate of drug-likeness (QED) is 0.865. The van der Waals surface area contributed by atoms with Crippen molar-refractivity contribution in [3.8, 4) is 5.75 Å². The van der Waals surface area contributed by atoms with Crippen LogP contribution in [-0.2, 0) is 6.54 Å². The van der Waals surface area contributed by atoms with E-state index in [-0.39, 0.29) is 0 Å². The van der Waals surface area contributed by atoms with Gasteiger partial charge in [-0.2, -0.15) is 23.5 Å². The first-order valence-corrected chi connectivity index (χ1v) is 7.73. The summed E-state index contributed by atoms with van der Waals surface area (Å²) in [6.07, 6.45) is 0. The van der Waals surface area contributed by atoms with Gasteiger partial charge in [0.25, 0.3) is 0 Å². The SMILES string of the molecule is Oc1ccc(CNCC2CSCCS2)cc1. The summed E-state index contributed by atoms with van der Waals surface area (Å²) in [5.74, 6) is 4.20. The lowest BCUT2D eigenvalue weighted by Crippen LogP contribution is -2.28. The molecule has 0 aromatic heterocycles. The maximum atomic E-state index is 9.16. The van der Waals surface area contributed by atoms with E-state index in [1.54, 1.807) is 12.1 Å². The van der Waals surface area contributed by atoms with Crippen molar-refractivity contribution in [3.63, 3.8) is 0 Å². The molecule has 16 heavy (non-hydrogen) atoms. The second-order valence-corrected chi connectivity index (χ2v) is 6.42. The van der Waals surface area contributed by atoms with E-state index in [0.29, 0.717) is 5.75 Å². The average molecular weight is 255 g/mol. The molecular formula is C12H17NOS2. The first-order valence-electron chi connectivity index (χ1n) is 5.52. The molecule has 1 aliphatic rings. The summed E-state index contributed by atoms with van der Waals surface area (Å²) in [5, 5.41) is 13.4. The van der Waals surface area contributed by atoms with E-state index in [9.17, 15) is 0 Å². The lowest BCUT2D eigenvalue weighted by atomic mass is 10.2. The van der Waals surface area contributed by atoms with E-state index in [1.165, 1.54) is 22.8 Å². The summed E-state index contributed by atoms with van der Waals surface area (Å²) >= 11 is 4.13. The molecule has 2 rings (SSSR count). The first kappa shape index (κ1) is 12.1. The maximum absolute atomic E-state index is 9.16. The maximum Gasteiger partial charge on any atom is 0.115 e. The molecule has 1 fully saturated rings. The molecule has 2 nitrogen and oxygen atoms in total. The van der Waals surface area contributed by atoms with Gasteiger partial charge in [0.1, 0.15) is 5.75 Å². The highest BCUT2D eigenvalue weighted by atomic mass is 32.2. The topological polar surface area (TPSA) is 32.3 Å². The monoisotopic (exact) mass is 255 g/mol. The Hall–Kier alpha value is -0.320. The van der Waals surface area contributed by atoms with Crippen LogP contribution >= 0.6 is 23.5 Å². The van der Waals surface area contributed by atoms with Crippen LogP contribution in [0, 0.1) is 0 Å². The molecule has 4 heteroatoms. The summed E-state index contributed by atoms with van der Waals surface area (Å²) in [5.41, 5.74) is 1.23. The highest BCUT2D eigenvalue weighted by Gasteiger charge is 2.13. The molecule has 0 radical (unpaired) electrons. The molecule has 1 aliphatic heterocycles. The molecular weight excluding hydrogens is 238 g/mol. The number of phenolic OH excluding ortho intramolecular Hbond substituents is 1. The zero-order chi connectivity index (χ0) is 11.2. The Balaban J connectivity index is 1.69. The molecule has 0 aliphatic carbocycles. The van der Waals surface area contributed by atoms with Gasteiger partial charge in [-0.25, -0.2) is 0 Å². The van der Waals surface area contributed by atoms with Crippen molar-refractivity contribution in [1.82, 2.24) is 5.32 Å². The van der Waals surface area contributed by atoms with Crippen molar-refractivity contribution in [2.24, 2.45) is 0 Å². The van der Waals surface area contributed by atoms with E-state index in [0.717, 1.165) is 18.3 Å². The van der Waals surface area contributed by atoms with Crippen LogP contribution in [-0.4, -0.2) is 34.2 Å². The van der Waals surface area contributed by atoms with Gasteiger partial charge in [0, 0.05) is 35.6 Å². The molecule has 1 atom stereocenters. The number of nitrogens with one attached hydrogen (secondary N) is 1. The van der Waals surface area contributed by atoms with Crippen molar-refractivity contribution in [2.45, 2.75) is 11.8 Å². The van der Waals surface area contributed by atoms with E-state index in [2.05, 4.69) is 28.8 Å². The number of aromatic hydroxyl groups is 1. The second-order valence-electron chi connectivity index (χ2n) is 3.87. The largest absolute Gasteiger partial charge is 0.508 e. The highest BCUT2D eigenvalue weighted by Crippen LogP contribution is 2.23. The zero-order valence-electron chi connectivity index (χ0n) is 9.19. The summed E-state index contributed by atoms with van der Waals surface area (Å²) in [6, 6.07) is 7.40. The molecule has 1 saturated heterocycles. The van der Waals surface area contributed by atoms with Gasteiger partial charge in [-0.1, -0.05) is 12.1 Å². The van der Waals surface area contributed by atoms with Gasteiger partial charge >= 0.3 is 0 Å². The summed E-state index contributed by atoms with van der Waals surface area (Å²) in [6.45, 7) is 1.97. The summed E-state index contributed by atoms with van der Waals surface area (Å²) in [7, 11) is 0. The number of thioether (sulfide) groups is 2. The lowest BCUT2D eigenvalue weighted by Gasteiger charge is -2.21. The summed E-state index contributed by atoms with van der Waals surface area (Å²) < 4.78 is 0. The molecule has 1 unspecified atom stereocenters. The van der Waals surface area contributed by atoms with Crippen molar-refractivity contribution in [1.29, 1.82) is 0 Å². The lowest BCUT2D eigenvalue weighted by molar-refractivity contribution is 0.475. The van der Waals surface area contributed by atoms with E-state index in [1.807, 2.05) is 12.1 Å².